The fourth-order valence-electron chi connectivity index (χ4n) is 8.10. The van der Waals surface area contributed by atoms with Crippen molar-refractivity contribution in [2.24, 2.45) is 0 Å². The van der Waals surface area contributed by atoms with E-state index in [1.807, 2.05) is 0 Å². The second-order valence-electron chi connectivity index (χ2n) is 17.7. The Morgan fingerprint density at radius 1 is 0.222 bits per heavy atom. The lowest BCUT2D eigenvalue weighted by atomic mass is 10.0. The van der Waals surface area contributed by atoms with Gasteiger partial charge in [0.1, 0.15) is 0 Å². The average Bonchev–Trinajstić information content (AvgIpc) is 3.17. The third kappa shape index (κ3) is 58.2. The predicted octanol–water partition coefficient (Wildman–Crippen LogP) is 19.8. The molecule has 0 aromatic rings. The third-order valence-electron chi connectivity index (χ3n) is 12.0. The molecule has 1 N–H and O–H groups in total. The first kappa shape index (κ1) is 55.6. The molecule has 0 radical (unpaired) electrons. The van der Waals surface area contributed by atoms with Crippen molar-refractivity contribution in [3.8, 4) is 0 Å². The van der Waals surface area contributed by atoms with Crippen molar-refractivity contribution >= 4 is 5.97 Å². The van der Waals surface area contributed by atoms with Gasteiger partial charge < -0.3 is 5.11 Å². The lowest BCUT2D eigenvalue weighted by Crippen LogP contribution is -1.93. The van der Waals surface area contributed by atoms with Gasteiger partial charge in [0.25, 0.3) is 0 Å². The number of aliphatic carboxylic acids is 1. The van der Waals surface area contributed by atoms with E-state index in [0.717, 1.165) is 12.8 Å². The molecule has 2 nitrogen and oxygen atoms in total. The van der Waals surface area contributed by atoms with Crippen LogP contribution in [0.25, 0.3) is 0 Å². The van der Waals surface area contributed by atoms with E-state index in [2.05, 4.69) is 20.8 Å². The minimum Gasteiger partial charge on any atom is -0.481 e. The average molecular weight is 763 g/mol. The molecule has 0 aliphatic heterocycles. The first-order valence-electron chi connectivity index (χ1n) is 25.9. The number of carboxylic acids is 1. The van der Waals surface area contributed by atoms with Gasteiger partial charge in [-0.1, -0.05) is 316 Å². The smallest absolute Gasteiger partial charge is 0.303 e. The molecule has 54 heavy (non-hydrogen) atoms. The van der Waals surface area contributed by atoms with Crippen LogP contribution in [0.2, 0.25) is 0 Å². The maximum absolute atomic E-state index is 10.4. The Hall–Kier alpha value is -0.530. The molecule has 0 saturated heterocycles. The molecule has 0 saturated carbocycles. The molecule has 2 heteroatoms. The summed E-state index contributed by atoms with van der Waals surface area (Å²) in [6.45, 7) is 6.90. The molecule has 0 unspecified atom stereocenters. The van der Waals surface area contributed by atoms with E-state index in [0.29, 0.717) is 6.42 Å². The highest BCUT2D eigenvalue weighted by Crippen LogP contribution is 2.17. The van der Waals surface area contributed by atoms with Crippen LogP contribution in [0.15, 0.2) is 0 Å². The van der Waals surface area contributed by atoms with Crippen molar-refractivity contribution in [3.63, 3.8) is 0 Å². The molecule has 0 aromatic carbocycles. The Morgan fingerprint density at radius 3 is 0.444 bits per heavy atom. The molecule has 0 heterocycles. The van der Waals surface area contributed by atoms with Crippen LogP contribution in [0, 0.1) is 0 Å². The summed E-state index contributed by atoms with van der Waals surface area (Å²) < 4.78 is 0. The van der Waals surface area contributed by atoms with Gasteiger partial charge in [0.2, 0.25) is 0 Å². The Bertz CT molecular complexity index is 606. The zero-order chi connectivity index (χ0) is 39.5. The summed E-state index contributed by atoms with van der Waals surface area (Å²) in [7, 11) is 0. The van der Waals surface area contributed by atoms with Crippen LogP contribution >= 0.6 is 0 Å². The van der Waals surface area contributed by atoms with Crippen LogP contribution in [0.4, 0.5) is 0 Å². The van der Waals surface area contributed by atoms with E-state index >= 15 is 0 Å². The zero-order valence-corrected chi connectivity index (χ0v) is 38.3. The highest BCUT2D eigenvalue weighted by atomic mass is 16.4. The minimum atomic E-state index is -0.650. The molecule has 0 aliphatic carbocycles. The van der Waals surface area contributed by atoms with E-state index < -0.39 is 5.97 Å². The molecule has 0 atom stereocenters. The summed E-state index contributed by atoms with van der Waals surface area (Å²) in [6.07, 6.45) is 67.4. The van der Waals surface area contributed by atoms with Crippen molar-refractivity contribution in [1.29, 1.82) is 0 Å². The van der Waals surface area contributed by atoms with Gasteiger partial charge in [0, 0.05) is 6.42 Å². The Labute approximate surface area is 343 Å². The lowest BCUT2D eigenvalue weighted by molar-refractivity contribution is -0.137. The highest BCUT2D eigenvalue weighted by Gasteiger charge is 1.99. The molecule has 0 spiro atoms. The molecule has 0 fully saturated rings. The van der Waals surface area contributed by atoms with Gasteiger partial charge in [-0.3, -0.25) is 4.79 Å². The highest BCUT2D eigenvalue weighted by molar-refractivity contribution is 5.66. The van der Waals surface area contributed by atoms with Crippen LogP contribution in [0.3, 0.4) is 0 Å². The van der Waals surface area contributed by atoms with E-state index in [4.69, 9.17) is 5.11 Å². The van der Waals surface area contributed by atoms with Crippen molar-refractivity contribution in [1.82, 2.24) is 0 Å². The van der Waals surface area contributed by atoms with Crippen molar-refractivity contribution < 1.29 is 9.90 Å². The van der Waals surface area contributed by atoms with Gasteiger partial charge in [-0.25, -0.2) is 0 Å². The van der Waals surface area contributed by atoms with Gasteiger partial charge in [0.05, 0.1) is 0 Å². The van der Waals surface area contributed by atoms with Gasteiger partial charge in [0.15, 0.2) is 0 Å². The molecule has 0 amide bonds. The number of carboxylic acid groups (broad SMARTS) is 1. The van der Waals surface area contributed by atoms with Crippen LogP contribution in [-0.2, 0) is 4.79 Å². The summed E-state index contributed by atoms with van der Waals surface area (Å²) in [6, 6.07) is 0. The summed E-state index contributed by atoms with van der Waals surface area (Å²) in [5, 5.41) is 8.58. The largest absolute Gasteiger partial charge is 0.481 e. The molecular formula is C52H106O2. The van der Waals surface area contributed by atoms with Crippen molar-refractivity contribution in [2.45, 2.75) is 329 Å². The van der Waals surface area contributed by atoms with E-state index in [9.17, 15) is 4.79 Å². The van der Waals surface area contributed by atoms with Crippen molar-refractivity contribution in [3.05, 3.63) is 0 Å². The van der Waals surface area contributed by atoms with Crippen LogP contribution in [0.5, 0.6) is 0 Å². The van der Waals surface area contributed by atoms with E-state index in [1.165, 1.54) is 289 Å². The fourth-order valence-corrected chi connectivity index (χ4v) is 8.10. The van der Waals surface area contributed by atoms with Crippen LogP contribution < -0.4 is 0 Å². The standard InChI is InChI=1S/C27H56.C25H50O2/c1-3-5-7-9-11-13-15-17-19-21-23-25-27-26-24-22-20-18-16-14-12-10-8-6-4-2;1-2-3-4-5-6-7-8-9-10-11-12-13-14-15-16-17-18-19-20-21-22-23-24-25(26)27/h3-27H2,1-2H3;2-24H2,1H3,(H,26,27). The van der Waals surface area contributed by atoms with E-state index in [-0.39, 0.29) is 0 Å². The minimum absolute atomic E-state index is 0.346. The lowest BCUT2D eigenvalue weighted by Gasteiger charge is -2.04. The van der Waals surface area contributed by atoms with Crippen LogP contribution in [0.1, 0.15) is 329 Å². The summed E-state index contributed by atoms with van der Waals surface area (Å²) in [5.41, 5.74) is 0. The van der Waals surface area contributed by atoms with Crippen LogP contribution in [-0.4, -0.2) is 11.1 Å². The molecule has 0 aromatic heterocycles. The maximum Gasteiger partial charge on any atom is 0.303 e. The molecule has 326 valence electrons. The number of unbranched alkanes of at least 4 members (excludes halogenated alkanes) is 45. The molecular weight excluding hydrogens is 657 g/mol. The van der Waals surface area contributed by atoms with E-state index in [1.54, 1.807) is 0 Å². The second-order valence-corrected chi connectivity index (χ2v) is 17.7. The Balaban J connectivity index is 0. The van der Waals surface area contributed by atoms with Gasteiger partial charge in [-0.2, -0.15) is 0 Å². The number of carbonyl (C=O) groups is 1. The fraction of sp³-hybridized carbons (Fsp3) is 0.981. The van der Waals surface area contributed by atoms with Gasteiger partial charge >= 0.3 is 5.97 Å². The second kappa shape index (κ2) is 54.6. The third-order valence-corrected chi connectivity index (χ3v) is 12.0. The first-order valence-corrected chi connectivity index (χ1v) is 25.9. The Kier molecular flexibility index (Phi) is 56.2. The number of hydrogen-bond donors (Lipinski definition) is 1. The monoisotopic (exact) mass is 763 g/mol. The zero-order valence-electron chi connectivity index (χ0n) is 38.3. The summed E-state index contributed by atoms with van der Waals surface area (Å²) >= 11 is 0. The predicted molar refractivity (Wildman–Crippen MR) is 246 cm³/mol. The number of hydrogen-bond acceptors (Lipinski definition) is 1. The van der Waals surface area contributed by atoms with Gasteiger partial charge in [-0.05, 0) is 6.42 Å². The topological polar surface area (TPSA) is 37.3 Å². The molecule has 0 aliphatic rings. The first-order chi connectivity index (χ1) is 26.7. The SMILES string of the molecule is CCCCCCCCCCCCCCCCCCCCCCCCC(=O)O.CCCCCCCCCCCCCCCCCCCCCCCCCCC. The Morgan fingerprint density at radius 2 is 0.333 bits per heavy atom. The summed E-state index contributed by atoms with van der Waals surface area (Å²) in [4.78, 5) is 10.4. The maximum atomic E-state index is 10.4. The normalized spacial score (nSPS) is 11.2. The molecule has 0 bridgehead atoms. The van der Waals surface area contributed by atoms with Crippen molar-refractivity contribution in [2.75, 3.05) is 0 Å². The van der Waals surface area contributed by atoms with Gasteiger partial charge in [-0.15, -0.1) is 0 Å². The quantitative estimate of drug-likeness (QED) is 0.0627. The summed E-state index contributed by atoms with van der Waals surface area (Å²) in [5.74, 6) is -0.650. The number of rotatable bonds is 47. The molecule has 0 rings (SSSR count).